The van der Waals surface area contributed by atoms with Crippen LogP contribution >= 0.6 is 0 Å². The number of amides is 2. The summed E-state index contributed by atoms with van der Waals surface area (Å²) in [6.45, 7) is 0. The lowest BCUT2D eigenvalue weighted by Gasteiger charge is -2.47. The topological polar surface area (TPSA) is 64.1 Å². The average Bonchev–Trinajstić information content (AvgIpc) is 3.10. The molecular weight excluding hydrogens is 414 g/mol. The van der Waals surface area contributed by atoms with Gasteiger partial charge >= 0.3 is 0 Å². The Balaban J connectivity index is 1.70. The molecule has 0 aliphatic carbocycles. The van der Waals surface area contributed by atoms with Crippen LogP contribution in [0.25, 0.3) is 0 Å². The minimum absolute atomic E-state index is 0.236. The second-order valence-corrected chi connectivity index (χ2v) is 8.30. The fourth-order valence-electron chi connectivity index (χ4n) is 4.70. The van der Waals surface area contributed by atoms with Crippen molar-refractivity contribution in [1.29, 1.82) is 0 Å². The summed E-state index contributed by atoms with van der Waals surface area (Å²) >= 11 is 0. The van der Waals surface area contributed by atoms with Crippen molar-refractivity contribution >= 4 is 23.2 Å². The molecule has 1 fully saturated rings. The first-order chi connectivity index (χ1) is 16.1. The van der Waals surface area contributed by atoms with Gasteiger partial charge in [0.05, 0.1) is 29.4 Å². The van der Waals surface area contributed by atoms with Crippen LogP contribution in [-0.2, 0) is 9.59 Å². The maximum Gasteiger partial charge on any atom is 0.249 e. The molecule has 3 aromatic carbocycles. The SMILES string of the molecule is CN1C(=O)C2C=CC(C(O)c3ccccc3)N(N(c3ccccc3)c3ccccc3)C2C1=O. The monoisotopic (exact) mass is 439 g/mol. The predicted octanol–water partition coefficient (Wildman–Crippen LogP) is 3.70. The highest BCUT2D eigenvalue weighted by atomic mass is 16.3. The van der Waals surface area contributed by atoms with Crippen molar-refractivity contribution in [2.45, 2.75) is 18.2 Å². The van der Waals surface area contributed by atoms with Gasteiger partial charge in [-0.25, -0.2) is 0 Å². The highest BCUT2D eigenvalue weighted by Crippen LogP contribution is 2.40. The molecule has 2 heterocycles. The van der Waals surface area contributed by atoms with E-state index in [1.807, 2.05) is 107 Å². The summed E-state index contributed by atoms with van der Waals surface area (Å²) in [6, 6.07) is 27.4. The summed E-state index contributed by atoms with van der Waals surface area (Å²) < 4.78 is 0. The number of likely N-dealkylation sites (tertiary alicyclic amines) is 1. The van der Waals surface area contributed by atoms with E-state index in [0.717, 1.165) is 16.9 Å². The number of carbonyl (C=O) groups is 2. The Labute approximate surface area is 192 Å². The highest BCUT2D eigenvalue weighted by molar-refractivity contribution is 6.08. The number of aliphatic hydroxyl groups is 1. The van der Waals surface area contributed by atoms with Gasteiger partial charge in [-0.2, -0.15) is 5.01 Å². The smallest absolute Gasteiger partial charge is 0.249 e. The predicted molar refractivity (Wildman–Crippen MR) is 126 cm³/mol. The number of aliphatic hydroxyl groups excluding tert-OH is 1. The summed E-state index contributed by atoms with van der Waals surface area (Å²) in [5.41, 5.74) is 2.40. The third-order valence-electron chi connectivity index (χ3n) is 6.34. The number of imide groups is 1. The number of rotatable bonds is 5. The molecule has 4 atom stereocenters. The molecule has 0 saturated carbocycles. The quantitative estimate of drug-likeness (QED) is 0.485. The molecule has 1 N–H and O–H groups in total. The van der Waals surface area contributed by atoms with Crippen LogP contribution in [0.5, 0.6) is 0 Å². The van der Waals surface area contributed by atoms with Crippen LogP contribution in [0.15, 0.2) is 103 Å². The number of likely N-dealkylation sites (N-methyl/N-ethyl adjacent to an activating group) is 1. The van der Waals surface area contributed by atoms with E-state index >= 15 is 0 Å². The van der Waals surface area contributed by atoms with E-state index in [-0.39, 0.29) is 11.8 Å². The Morgan fingerprint density at radius 2 is 1.27 bits per heavy atom. The molecule has 3 aromatic rings. The molecule has 2 aliphatic rings. The number of hydrazine groups is 1. The van der Waals surface area contributed by atoms with Crippen molar-refractivity contribution in [2.75, 3.05) is 12.1 Å². The number of carbonyl (C=O) groups excluding carboxylic acids is 2. The van der Waals surface area contributed by atoms with Gasteiger partial charge in [-0.1, -0.05) is 78.9 Å². The zero-order chi connectivity index (χ0) is 22.9. The molecule has 6 nitrogen and oxygen atoms in total. The number of benzene rings is 3. The fraction of sp³-hybridized carbons (Fsp3) is 0.185. The van der Waals surface area contributed by atoms with Crippen LogP contribution in [-0.4, -0.2) is 46.0 Å². The Hall–Kier alpha value is -3.74. The van der Waals surface area contributed by atoms with Crippen LogP contribution in [0, 0.1) is 5.92 Å². The maximum absolute atomic E-state index is 13.4. The van der Waals surface area contributed by atoms with Gasteiger partial charge in [0.15, 0.2) is 0 Å². The van der Waals surface area contributed by atoms with Gasteiger partial charge in [0.2, 0.25) is 11.8 Å². The standard InChI is InChI=1S/C27H25N3O3/c1-28-26(32)22-17-18-23(25(31)19-11-5-2-6-12-19)30(24(22)27(28)33)29(20-13-7-3-8-14-20)21-15-9-4-10-16-21/h2-18,22-25,31H,1H3. The molecule has 2 amide bonds. The number of anilines is 2. The van der Waals surface area contributed by atoms with Gasteiger partial charge in [0, 0.05) is 7.05 Å². The summed E-state index contributed by atoms with van der Waals surface area (Å²) in [4.78, 5) is 27.4. The first-order valence-corrected chi connectivity index (χ1v) is 11.0. The van der Waals surface area contributed by atoms with Gasteiger partial charge in [-0.3, -0.25) is 19.5 Å². The normalized spacial score (nSPS) is 23.5. The van der Waals surface area contributed by atoms with E-state index in [2.05, 4.69) is 0 Å². The average molecular weight is 440 g/mol. The summed E-state index contributed by atoms with van der Waals surface area (Å²) in [6.07, 6.45) is 2.71. The molecule has 6 heteroatoms. The Morgan fingerprint density at radius 1 is 0.758 bits per heavy atom. The largest absolute Gasteiger partial charge is 0.386 e. The van der Waals surface area contributed by atoms with E-state index < -0.39 is 24.1 Å². The first-order valence-electron chi connectivity index (χ1n) is 11.0. The molecular formula is C27H25N3O3. The molecule has 5 rings (SSSR count). The summed E-state index contributed by atoms with van der Waals surface area (Å²) in [5, 5.41) is 15.3. The molecule has 2 aliphatic heterocycles. The summed E-state index contributed by atoms with van der Waals surface area (Å²) in [5.74, 6) is -1.13. The number of hydrogen-bond acceptors (Lipinski definition) is 5. The number of para-hydroxylation sites is 2. The molecule has 0 spiro atoms. The van der Waals surface area contributed by atoms with E-state index in [4.69, 9.17) is 0 Å². The third kappa shape index (κ3) is 3.63. The Kier molecular flexibility index (Phi) is 5.54. The van der Waals surface area contributed by atoms with E-state index in [1.54, 1.807) is 6.08 Å². The van der Waals surface area contributed by atoms with E-state index in [0.29, 0.717) is 0 Å². The Bertz CT molecular complexity index is 1130. The zero-order valence-corrected chi connectivity index (χ0v) is 18.2. The van der Waals surface area contributed by atoms with Crippen molar-refractivity contribution in [3.05, 3.63) is 109 Å². The van der Waals surface area contributed by atoms with Crippen molar-refractivity contribution in [3.8, 4) is 0 Å². The van der Waals surface area contributed by atoms with Crippen LogP contribution in [0.3, 0.4) is 0 Å². The van der Waals surface area contributed by atoms with Gasteiger partial charge < -0.3 is 5.11 Å². The molecule has 0 bridgehead atoms. The second-order valence-electron chi connectivity index (χ2n) is 8.30. The van der Waals surface area contributed by atoms with E-state index in [9.17, 15) is 14.7 Å². The Morgan fingerprint density at radius 3 is 1.82 bits per heavy atom. The van der Waals surface area contributed by atoms with Crippen LogP contribution in [0.2, 0.25) is 0 Å². The van der Waals surface area contributed by atoms with Gasteiger partial charge in [0.1, 0.15) is 6.04 Å². The molecule has 166 valence electrons. The van der Waals surface area contributed by atoms with Crippen LogP contribution in [0.4, 0.5) is 11.4 Å². The van der Waals surface area contributed by atoms with Crippen molar-refractivity contribution in [3.63, 3.8) is 0 Å². The molecule has 1 saturated heterocycles. The lowest BCUT2D eigenvalue weighted by Crippen LogP contribution is -2.59. The molecule has 0 radical (unpaired) electrons. The number of nitrogens with zero attached hydrogens (tertiary/aromatic N) is 3. The van der Waals surface area contributed by atoms with Crippen LogP contribution in [0.1, 0.15) is 11.7 Å². The number of hydrogen-bond donors (Lipinski definition) is 1. The molecule has 4 unspecified atom stereocenters. The molecule has 0 aromatic heterocycles. The minimum Gasteiger partial charge on any atom is -0.386 e. The van der Waals surface area contributed by atoms with Gasteiger partial charge in [-0.15, -0.1) is 0 Å². The van der Waals surface area contributed by atoms with Crippen molar-refractivity contribution in [2.24, 2.45) is 5.92 Å². The summed E-state index contributed by atoms with van der Waals surface area (Å²) in [7, 11) is 1.52. The lowest BCUT2D eigenvalue weighted by molar-refractivity contribution is -0.138. The first kappa shape index (κ1) is 21.1. The third-order valence-corrected chi connectivity index (χ3v) is 6.34. The second kappa shape index (κ2) is 8.65. The number of fused-ring (bicyclic) bond motifs is 1. The lowest BCUT2D eigenvalue weighted by atomic mass is 9.90. The van der Waals surface area contributed by atoms with Crippen molar-refractivity contribution in [1.82, 2.24) is 9.91 Å². The van der Waals surface area contributed by atoms with E-state index in [1.165, 1.54) is 11.9 Å². The van der Waals surface area contributed by atoms with Crippen LogP contribution < -0.4 is 5.01 Å². The minimum atomic E-state index is -0.910. The molecule has 33 heavy (non-hydrogen) atoms. The zero-order valence-electron chi connectivity index (χ0n) is 18.2. The highest BCUT2D eigenvalue weighted by Gasteiger charge is 2.54. The van der Waals surface area contributed by atoms with Crippen molar-refractivity contribution < 1.29 is 14.7 Å². The fourth-order valence-corrected chi connectivity index (χ4v) is 4.70. The van der Waals surface area contributed by atoms with Gasteiger partial charge in [-0.05, 0) is 29.8 Å². The maximum atomic E-state index is 13.4. The van der Waals surface area contributed by atoms with Gasteiger partial charge in [0.25, 0.3) is 0 Å².